The van der Waals surface area contributed by atoms with Crippen LogP contribution in [0.2, 0.25) is 0 Å². The second-order valence-electron chi connectivity index (χ2n) is 5.46. The van der Waals surface area contributed by atoms with Gasteiger partial charge in [0.2, 0.25) is 0 Å². The van der Waals surface area contributed by atoms with Crippen LogP contribution in [0.5, 0.6) is 0 Å². The predicted molar refractivity (Wildman–Crippen MR) is 86.5 cm³/mol. The predicted octanol–water partition coefficient (Wildman–Crippen LogP) is 2.33. The molecule has 5 nitrogen and oxygen atoms in total. The zero-order valence-corrected chi connectivity index (χ0v) is 12.8. The maximum Gasteiger partial charge on any atom is 0.324 e. The van der Waals surface area contributed by atoms with Gasteiger partial charge >= 0.3 is 6.03 Å². The number of carbonyl (C=O) groups is 2. The average Bonchev–Trinajstić information content (AvgIpc) is 2.88. The fraction of sp³-hybridized carbons (Fsp3) is 0.222. The second-order valence-corrected chi connectivity index (χ2v) is 5.46. The molecular formula is C18H18N2O3. The number of benzene rings is 2. The summed E-state index contributed by atoms with van der Waals surface area (Å²) in [6.45, 7) is 2.14. The molecule has 1 fully saturated rings. The molecule has 0 radical (unpaired) electrons. The number of rotatable bonds is 4. The molecule has 3 amide bonds. The van der Waals surface area contributed by atoms with Crippen LogP contribution in [0.3, 0.4) is 0 Å². The van der Waals surface area contributed by atoms with Gasteiger partial charge in [-0.2, -0.15) is 0 Å². The Morgan fingerprint density at radius 1 is 1.04 bits per heavy atom. The van der Waals surface area contributed by atoms with Crippen LogP contribution in [0, 0.1) is 0 Å². The number of imide groups is 1. The third-order valence-electron chi connectivity index (χ3n) is 4.09. The summed E-state index contributed by atoms with van der Waals surface area (Å²) in [5, 5.41) is 12.8. The van der Waals surface area contributed by atoms with Crippen molar-refractivity contribution >= 4 is 11.9 Å². The van der Waals surface area contributed by atoms with Gasteiger partial charge in [-0.15, -0.1) is 0 Å². The smallest absolute Gasteiger partial charge is 0.324 e. The lowest BCUT2D eigenvalue weighted by Crippen LogP contribution is -2.39. The molecule has 0 saturated carbocycles. The van der Waals surface area contributed by atoms with E-state index in [1.807, 2.05) is 42.5 Å². The number of likely N-dealkylation sites (N-methyl/N-ethyl adjacent to an activating group) is 1. The maximum absolute atomic E-state index is 11.9. The average molecular weight is 310 g/mol. The van der Waals surface area contributed by atoms with E-state index < -0.39 is 24.1 Å². The zero-order chi connectivity index (χ0) is 16.4. The summed E-state index contributed by atoms with van der Waals surface area (Å²) in [5.74, 6) is -0.462. The van der Waals surface area contributed by atoms with Crippen LogP contribution in [-0.2, 0) is 4.79 Å². The Labute approximate surface area is 134 Å². The molecule has 23 heavy (non-hydrogen) atoms. The first-order valence-corrected chi connectivity index (χ1v) is 7.56. The first-order valence-electron chi connectivity index (χ1n) is 7.56. The van der Waals surface area contributed by atoms with E-state index in [4.69, 9.17) is 0 Å². The van der Waals surface area contributed by atoms with Crippen molar-refractivity contribution in [2.24, 2.45) is 0 Å². The van der Waals surface area contributed by atoms with Gasteiger partial charge in [-0.3, -0.25) is 10.1 Å². The molecule has 2 aromatic carbocycles. The molecule has 2 unspecified atom stereocenters. The highest BCUT2D eigenvalue weighted by molar-refractivity contribution is 6.04. The van der Waals surface area contributed by atoms with Gasteiger partial charge in [0.05, 0.1) is 0 Å². The Morgan fingerprint density at radius 3 is 2.26 bits per heavy atom. The van der Waals surface area contributed by atoms with Crippen molar-refractivity contribution in [1.82, 2.24) is 10.2 Å². The van der Waals surface area contributed by atoms with E-state index in [1.165, 1.54) is 4.90 Å². The van der Waals surface area contributed by atoms with E-state index in [2.05, 4.69) is 5.32 Å². The molecule has 5 heteroatoms. The highest BCUT2D eigenvalue weighted by Gasteiger charge is 2.42. The van der Waals surface area contributed by atoms with E-state index in [0.29, 0.717) is 12.1 Å². The summed E-state index contributed by atoms with van der Waals surface area (Å²) in [5.41, 5.74) is 2.72. The van der Waals surface area contributed by atoms with Crippen molar-refractivity contribution < 1.29 is 14.7 Å². The van der Waals surface area contributed by atoms with Gasteiger partial charge in [0.15, 0.2) is 0 Å². The monoisotopic (exact) mass is 310 g/mol. The molecule has 2 aromatic rings. The van der Waals surface area contributed by atoms with Crippen molar-refractivity contribution in [2.75, 3.05) is 6.54 Å². The fourth-order valence-electron chi connectivity index (χ4n) is 2.86. The standard InChI is InChI=1S/C18H18N2O3/c1-2-20-15(17(22)19-18(20)23)16(21)14-10-8-13(9-11-14)12-6-4-3-5-7-12/h3-11,15-16,21H,2H2,1H3,(H,19,22,23). The van der Waals surface area contributed by atoms with Crippen molar-refractivity contribution in [2.45, 2.75) is 19.1 Å². The van der Waals surface area contributed by atoms with Crippen molar-refractivity contribution in [3.05, 3.63) is 60.2 Å². The molecular weight excluding hydrogens is 292 g/mol. The third kappa shape index (κ3) is 2.83. The number of nitrogens with zero attached hydrogens (tertiary/aromatic N) is 1. The van der Waals surface area contributed by atoms with E-state index in [9.17, 15) is 14.7 Å². The molecule has 1 heterocycles. The Kier molecular flexibility index (Phi) is 4.12. The lowest BCUT2D eigenvalue weighted by atomic mass is 9.98. The van der Waals surface area contributed by atoms with Gasteiger partial charge in [0.25, 0.3) is 5.91 Å². The number of urea groups is 1. The quantitative estimate of drug-likeness (QED) is 0.852. The van der Waals surface area contributed by atoms with Gasteiger partial charge in [-0.05, 0) is 23.6 Å². The van der Waals surface area contributed by atoms with Gasteiger partial charge in [0.1, 0.15) is 12.1 Å². The summed E-state index contributed by atoms with van der Waals surface area (Å²) in [4.78, 5) is 25.0. The molecule has 1 aliphatic rings. The fourth-order valence-corrected chi connectivity index (χ4v) is 2.86. The van der Waals surface area contributed by atoms with Gasteiger partial charge in [-0.1, -0.05) is 54.6 Å². The Morgan fingerprint density at radius 2 is 1.65 bits per heavy atom. The van der Waals surface area contributed by atoms with Crippen molar-refractivity contribution in [3.8, 4) is 11.1 Å². The molecule has 118 valence electrons. The summed E-state index contributed by atoms with van der Waals surface area (Å²) in [7, 11) is 0. The summed E-state index contributed by atoms with van der Waals surface area (Å²) in [6, 6.07) is 15.9. The largest absolute Gasteiger partial charge is 0.386 e. The lowest BCUT2D eigenvalue weighted by Gasteiger charge is -2.24. The van der Waals surface area contributed by atoms with Crippen LogP contribution in [0.25, 0.3) is 11.1 Å². The topological polar surface area (TPSA) is 69.6 Å². The lowest BCUT2D eigenvalue weighted by molar-refractivity contribution is -0.124. The number of aliphatic hydroxyl groups excluding tert-OH is 1. The molecule has 0 bridgehead atoms. The van der Waals surface area contributed by atoms with E-state index >= 15 is 0 Å². The molecule has 3 rings (SSSR count). The first-order chi connectivity index (χ1) is 11.1. The van der Waals surface area contributed by atoms with Crippen LogP contribution in [-0.4, -0.2) is 34.5 Å². The molecule has 0 aliphatic carbocycles. The Balaban J connectivity index is 1.84. The summed E-state index contributed by atoms with van der Waals surface area (Å²) in [6.07, 6.45) is -1.05. The minimum absolute atomic E-state index is 0.362. The van der Waals surface area contributed by atoms with Gasteiger partial charge in [-0.25, -0.2) is 4.79 Å². The van der Waals surface area contributed by atoms with Crippen LogP contribution in [0.15, 0.2) is 54.6 Å². The molecule has 2 N–H and O–H groups in total. The van der Waals surface area contributed by atoms with Gasteiger partial charge in [0, 0.05) is 6.54 Å². The minimum atomic E-state index is -1.05. The third-order valence-corrected chi connectivity index (χ3v) is 4.09. The zero-order valence-electron chi connectivity index (χ0n) is 12.8. The van der Waals surface area contributed by atoms with Crippen LogP contribution in [0.4, 0.5) is 4.79 Å². The maximum atomic E-state index is 11.9. The highest BCUT2D eigenvalue weighted by Crippen LogP contribution is 2.27. The van der Waals surface area contributed by atoms with Crippen LogP contribution < -0.4 is 5.32 Å². The summed E-state index contributed by atoms with van der Waals surface area (Å²) < 4.78 is 0. The number of carbonyl (C=O) groups excluding carboxylic acids is 2. The minimum Gasteiger partial charge on any atom is -0.386 e. The first kappa shape index (κ1) is 15.2. The van der Waals surface area contributed by atoms with E-state index in [1.54, 1.807) is 19.1 Å². The van der Waals surface area contributed by atoms with Crippen LogP contribution >= 0.6 is 0 Å². The Hall–Kier alpha value is -2.66. The number of hydrogen-bond donors (Lipinski definition) is 2. The van der Waals surface area contributed by atoms with E-state index in [0.717, 1.165) is 11.1 Å². The number of amides is 3. The number of hydrogen-bond acceptors (Lipinski definition) is 3. The van der Waals surface area contributed by atoms with Crippen LogP contribution in [0.1, 0.15) is 18.6 Å². The summed E-state index contributed by atoms with van der Waals surface area (Å²) >= 11 is 0. The Bertz CT molecular complexity index is 713. The van der Waals surface area contributed by atoms with E-state index in [-0.39, 0.29) is 0 Å². The number of aliphatic hydroxyl groups is 1. The molecule has 0 aromatic heterocycles. The van der Waals surface area contributed by atoms with Crippen molar-refractivity contribution in [1.29, 1.82) is 0 Å². The SMILES string of the molecule is CCN1C(=O)NC(=O)C1C(O)c1ccc(-c2ccccc2)cc1. The molecule has 0 spiro atoms. The normalized spacial score (nSPS) is 18.9. The van der Waals surface area contributed by atoms with Gasteiger partial charge < -0.3 is 10.0 Å². The number of nitrogens with one attached hydrogen (secondary N) is 1. The second kappa shape index (κ2) is 6.22. The molecule has 2 atom stereocenters. The highest BCUT2D eigenvalue weighted by atomic mass is 16.3. The molecule has 1 saturated heterocycles. The van der Waals surface area contributed by atoms with Crippen molar-refractivity contribution in [3.63, 3.8) is 0 Å². The molecule has 1 aliphatic heterocycles.